The Morgan fingerprint density at radius 1 is 1.12 bits per heavy atom. The molecule has 0 saturated carbocycles. The molecule has 0 spiro atoms. The molecule has 1 aromatic carbocycles. The normalized spacial score (nSPS) is 14.8. The van der Waals surface area contributed by atoms with E-state index in [0.717, 1.165) is 16.9 Å². The van der Waals surface area contributed by atoms with Crippen LogP contribution in [-0.2, 0) is 9.47 Å². The molecule has 1 amide bonds. The van der Waals surface area contributed by atoms with Crippen LogP contribution in [0.25, 0.3) is 0 Å². The highest BCUT2D eigenvalue weighted by molar-refractivity contribution is 5.93. The molecule has 1 fully saturated rings. The Morgan fingerprint density at radius 2 is 1.73 bits per heavy atom. The second-order valence-corrected chi connectivity index (χ2v) is 7.36. The van der Waals surface area contributed by atoms with Crippen LogP contribution >= 0.6 is 0 Å². The number of nitrogens with zero attached hydrogens (tertiary/aromatic N) is 2. The van der Waals surface area contributed by atoms with Gasteiger partial charge in [-0.15, -0.1) is 0 Å². The summed E-state index contributed by atoms with van der Waals surface area (Å²) in [7, 11) is 3.20. The van der Waals surface area contributed by atoms with Crippen molar-refractivity contribution in [1.29, 1.82) is 0 Å². The number of carbonyl (C=O) groups is 2. The molecule has 0 atom stereocenters. The molecule has 144 valence electrons. The number of anilines is 2. The smallest absolute Gasteiger partial charge is 0.410 e. The van der Waals surface area contributed by atoms with E-state index in [2.05, 4.69) is 10.2 Å². The Morgan fingerprint density at radius 3 is 2.23 bits per heavy atom. The predicted octanol–water partition coefficient (Wildman–Crippen LogP) is 2.88. The van der Waals surface area contributed by atoms with Gasteiger partial charge in [-0.25, -0.2) is 9.59 Å². The summed E-state index contributed by atoms with van der Waals surface area (Å²) in [4.78, 5) is 28.1. The van der Waals surface area contributed by atoms with Crippen LogP contribution in [0.2, 0.25) is 0 Å². The van der Waals surface area contributed by atoms with Crippen molar-refractivity contribution in [2.24, 2.45) is 0 Å². The molecule has 0 aliphatic carbocycles. The number of nitrogens with one attached hydrogen (secondary N) is 1. The van der Waals surface area contributed by atoms with Crippen LogP contribution in [-0.4, -0.2) is 62.9 Å². The van der Waals surface area contributed by atoms with Gasteiger partial charge in [0, 0.05) is 44.6 Å². The summed E-state index contributed by atoms with van der Waals surface area (Å²) in [6, 6.07) is 3.65. The number of rotatable bonds is 3. The lowest BCUT2D eigenvalue weighted by molar-refractivity contribution is 0.0240. The third-order valence-electron chi connectivity index (χ3n) is 4.34. The van der Waals surface area contributed by atoms with E-state index in [1.54, 1.807) is 11.0 Å². The fraction of sp³-hybridized carbons (Fsp3) is 0.579. The number of esters is 1. The minimum atomic E-state index is -0.499. The van der Waals surface area contributed by atoms with Gasteiger partial charge in [0.2, 0.25) is 0 Å². The van der Waals surface area contributed by atoms with Crippen LogP contribution in [0, 0.1) is 6.92 Å². The Labute approximate surface area is 155 Å². The molecule has 1 aromatic rings. The first-order valence-electron chi connectivity index (χ1n) is 8.80. The molecular weight excluding hydrogens is 334 g/mol. The molecule has 7 heteroatoms. The Hall–Kier alpha value is -2.44. The summed E-state index contributed by atoms with van der Waals surface area (Å²) in [6.07, 6.45) is -0.284. The van der Waals surface area contributed by atoms with Crippen LogP contribution in [0.4, 0.5) is 16.2 Å². The van der Waals surface area contributed by atoms with Gasteiger partial charge in [0.1, 0.15) is 5.60 Å². The van der Waals surface area contributed by atoms with E-state index >= 15 is 0 Å². The maximum Gasteiger partial charge on any atom is 0.410 e. The SMILES string of the molecule is CNc1cc(C(=O)OC)cc(N2CCN(C(=O)OC(C)(C)C)CC2)c1C. The summed E-state index contributed by atoms with van der Waals surface area (Å²) in [5.74, 6) is -0.366. The molecule has 0 aromatic heterocycles. The number of ether oxygens (including phenoxy) is 2. The Bertz CT molecular complexity index is 674. The summed E-state index contributed by atoms with van der Waals surface area (Å²) in [6.45, 7) is 10.1. The van der Waals surface area contributed by atoms with Gasteiger partial charge in [-0.05, 0) is 45.4 Å². The first-order chi connectivity index (χ1) is 12.2. The number of benzene rings is 1. The fourth-order valence-corrected chi connectivity index (χ4v) is 2.98. The molecule has 0 bridgehead atoms. The lowest BCUT2D eigenvalue weighted by Gasteiger charge is -2.37. The standard InChI is InChI=1S/C19H29N3O4/c1-13-15(20-5)11-14(17(23)25-6)12-16(13)21-7-9-22(10-8-21)18(24)26-19(2,3)4/h11-12,20H,7-10H2,1-6H3. The molecule has 0 radical (unpaired) electrons. The Kier molecular flexibility index (Phi) is 6.00. The van der Waals surface area contributed by atoms with Crippen molar-refractivity contribution in [1.82, 2.24) is 4.90 Å². The van der Waals surface area contributed by atoms with E-state index in [1.807, 2.05) is 40.8 Å². The maximum atomic E-state index is 12.2. The topological polar surface area (TPSA) is 71.1 Å². The molecule has 26 heavy (non-hydrogen) atoms. The lowest BCUT2D eigenvalue weighted by Crippen LogP contribution is -2.50. The van der Waals surface area contributed by atoms with Crippen LogP contribution in [0.15, 0.2) is 12.1 Å². The summed E-state index contributed by atoms with van der Waals surface area (Å²) in [5, 5.41) is 3.13. The molecule has 0 unspecified atom stereocenters. The number of methoxy groups -OCH3 is 1. The average molecular weight is 363 g/mol. The number of hydrogen-bond acceptors (Lipinski definition) is 6. The second kappa shape index (κ2) is 7.85. The van der Waals surface area contributed by atoms with Gasteiger partial charge in [-0.1, -0.05) is 0 Å². The summed E-state index contributed by atoms with van der Waals surface area (Å²) < 4.78 is 10.3. The van der Waals surface area contributed by atoms with E-state index in [1.165, 1.54) is 7.11 Å². The summed E-state index contributed by atoms with van der Waals surface area (Å²) in [5.41, 5.74) is 2.93. The van der Waals surface area contributed by atoms with Gasteiger partial charge >= 0.3 is 12.1 Å². The summed E-state index contributed by atoms with van der Waals surface area (Å²) >= 11 is 0. The van der Waals surface area contributed by atoms with Crippen LogP contribution in [0.5, 0.6) is 0 Å². The number of amides is 1. The quantitative estimate of drug-likeness (QED) is 0.833. The molecule has 1 saturated heterocycles. The van der Waals surface area contributed by atoms with Crippen molar-refractivity contribution in [3.63, 3.8) is 0 Å². The monoisotopic (exact) mass is 363 g/mol. The van der Waals surface area contributed by atoms with Crippen molar-refractivity contribution < 1.29 is 19.1 Å². The van der Waals surface area contributed by atoms with E-state index in [4.69, 9.17) is 9.47 Å². The first-order valence-corrected chi connectivity index (χ1v) is 8.80. The average Bonchev–Trinajstić information content (AvgIpc) is 2.60. The minimum absolute atomic E-state index is 0.284. The van der Waals surface area contributed by atoms with Crippen molar-refractivity contribution in [3.8, 4) is 0 Å². The Balaban J connectivity index is 2.16. The van der Waals surface area contributed by atoms with Crippen molar-refractivity contribution in [2.75, 3.05) is 50.6 Å². The number of carbonyl (C=O) groups excluding carboxylic acids is 2. The van der Waals surface area contributed by atoms with E-state index in [-0.39, 0.29) is 12.1 Å². The molecule has 1 N–H and O–H groups in total. The van der Waals surface area contributed by atoms with E-state index in [9.17, 15) is 9.59 Å². The third-order valence-corrected chi connectivity index (χ3v) is 4.34. The van der Waals surface area contributed by atoms with E-state index in [0.29, 0.717) is 31.7 Å². The molecule has 1 heterocycles. The fourth-order valence-electron chi connectivity index (χ4n) is 2.98. The third kappa shape index (κ3) is 4.59. The van der Waals surface area contributed by atoms with Crippen molar-refractivity contribution in [2.45, 2.75) is 33.3 Å². The zero-order valence-electron chi connectivity index (χ0n) is 16.5. The van der Waals surface area contributed by atoms with Gasteiger partial charge < -0.3 is 24.6 Å². The molecule has 1 aliphatic rings. The minimum Gasteiger partial charge on any atom is -0.465 e. The second-order valence-electron chi connectivity index (χ2n) is 7.36. The lowest BCUT2D eigenvalue weighted by atomic mass is 10.1. The highest BCUT2D eigenvalue weighted by Gasteiger charge is 2.27. The van der Waals surface area contributed by atoms with Crippen LogP contribution < -0.4 is 10.2 Å². The van der Waals surface area contributed by atoms with Gasteiger partial charge in [-0.2, -0.15) is 0 Å². The number of hydrogen-bond donors (Lipinski definition) is 1. The maximum absolute atomic E-state index is 12.2. The highest BCUT2D eigenvalue weighted by Crippen LogP contribution is 2.30. The molecule has 2 rings (SSSR count). The van der Waals surface area contributed by atoms with Gasteiger partial charge in [0.15, 0.2) is 0 Å². The predicted molar refractivity (Wildman–Crippen MR) is 102 cm³/mol. The van der Waals surface area contributed by atoms with Gasteiger partial charge in [0.25, 0.3) is 0 Å². The largest absolute Gasteiger partial charge is 0.465 e. The zero-order valence-corrected chi connectivity index (χ0v) is 16.5. The van der Waals surface area contributed by atoms with Crippen LogP contribution in [0.1, 0.15) is 36.7 Å². The zero-order chi connectivity index (χ0) is 19.5. The molecular formula is C19H29N3O4. The molecule has 1 aliphatic heterocycles. The van der Waals surface area contributed by atoms with E-state index < -0.39 is 5.60 Å². The molecule has 7 nitrogen and oxygen atoms in total. The first kappa shape index (κ1) is 19.9. The van der Waals surface area contributed by atoms with Crippen LogP contribution in [0.3, 0.4) is 0 Å². The van der Waals surface area contributed by atoms with Gasteiger partial charge in [0.05, 0.1) is 12.7 Å². The number of piperazine rings is 1. The van der Waals surface area contributed by atoms with Crippen molar-refractivity contribution in [3.05, 3.63) is 23.3 Å². The highest BCUT2D eigenvalue weighted by atomic mass is 16.6. The van der Waals surface area contributed by atoms with Crippen molar-refractivity contribution >= 4 is 23.4 Å². The van der Waals surface area contributed by atoms with Gasteiger partial charge in [-0.3, -0.25) is 0 Å².